The zero-order chi connectivity index (χ0) is 17.9. The average molecular weight is 329 g/mol. The van der Waals surface area contributed by atoms with Gasteiger partial charge in [0.05, 0.1) is 17.2 Å². The second-order valence-electron chi connectivity index (χ2n) is 6.17. The maximum atomic E-state index is 12.7. The fourth-order valence-corrected chi connectivity index (χ4v) is 3.02. The van der Waals surface area contributed by atoms with Crippen LogP contribution in [0.4, 0.5) is 0 Å². The van der Waals surface area contributed by atoms with Crippen LogP contribution in [0.25, 0.3) is 0 Å². The summed E-state index contributed by atoms with van der Waals surface area (Å²) in [5.74, 6) is -1.13. The summed E-state index contributed by atoms with van der Waals surface area (Å²) in [7, 11) is 0. The highest BCUT2D eigenvalue weighted by atomic mass is 16.2. The molecule has 0 saturated heterocycles. The Bertz CT molecular complexity index is 693. The first-order valence-corrected chi connectivity index (χ1v) is 8.43. The summed E-state index contributed by atoms with van der Waals surface area (Å²) in [5.41, 5.74) is 1.70. The van der Waals surface area contributed by atoms with E-state index in [1.165, 1.54) is 6.92 Å². The Morgan fingerprint density at radius 3 is 2.33 bits per heavy atom. The molecular formula is C19H23NO4. The minimum absolute atomic E-state index is 0.0168. The van der Waals surface area contributed by atoms with Gasteiger partial charge in [0, 0.05) is 12.8 Å². The molecule has 24 heavy (non-hydrogen) atoms. The van der Waals surface area contributed by atoms with Crippen LogP contribution in [0.3, 0.4) is 0 Å². The Morgan fingerprint density at radius 1 is 1.08 bits per heavy atom. The van der Waals surface area contributed by atoms with Crippen molar-refractivity contribution in [3.63, 3.8) is 0 Å². The predicted octanol–water partition coefficient (Wildman–Crippen LogP) is 2.95. The first kappa shape index (κ1) is 18.0. The molecular weight excluding hydrogens is 306 g/mol. The number of amides is 2. The summed E-state index contributed by atoms with van der Waals surface area (Å²) < 4.78 is 0. The molecule has 1 aromatic rings. The van der Waals surface area contributed by atoms with Gasteiger partial charge in [-0.1, -0.05) is 26.3 Å². The fourth-order valence-electron chi connectivity index (χ4n) is 3.02. The molecule has 0 saturated carbocycles. The lowest BCUT2D eigenvalue weighted by molar-refractivity contribution is -0.122. The lowest BCUT2D eigenvalue weighted by atomic mass is 10.0. The van der Waals surface area contributed by atoms with Gasteiger partial charge in [-0.2, -0.15) is 0 Å². The van der Waals surface area contributed by atoms with Gasteiger partial charge < -0.3 is 0 Å². The molecule has 1 aliphatic heterocycles. The van der Waals surface area contributed by atoms with Gasteiger partial charge in [-0.05, 0) is 37.5 Å². The Kier molecular flexibility index (Phi) is 5.65. The van der Waals surface area contributed by atoms with E-state index >= 15 is 0 Å². The van der Waals surface area contributed by atoms with Gasteiger partial charge in [0.1, 0.15) is 5.78 Å². The maximum Gasteiger partial charge on any atom is 0.262 e. The summed E-state index contributed by atoms with van der Waals surface area (Å²) in [6.45, 7) is 5.15. The molecule has 1 aliphatic rings. The van der Waals surface area contributed by atoms with Gasteiger partial charge in [0.25, 0.3) is 11.8 Å². The number of fused-ring (bicyclic) bond motifs is 1. The molecule has 5 nitrogen and oxygen atoms in total. The van der Waals surface area contributed by atoms with Crippen molar-refractivity contribution in [1.82, 2.24) is 4.90 Å². The van der Waals surface area contributed by atoms with E-state index in [0.29, 0.717) is 17.5 Å². The molecule has 1 aromatic carbocycles. The Morgan fingerprint density at radius 2 is 1.75 bits per heavy atom. The lowest BCUT2D eigenvalue weighted by Crippen LogP contribution is -2.44. The summed E-state index contributed by atoms with van der Waals surface area (Å²) in [6.07, 6.45) is 2.54. The second-order valence-corrected chi connectivity index (χ2v) is 6.17. The van der Waals surface area contributed by atoms with Crippen molar-refractivity contribution < 1.29 is 19.2 Å². The van der Waals surface area contributed by atoms with Crippen LogP contribution in [0, 0.1) is 0 Å². The molecule has 0 radical (unpaired) electrons. The highest BCUT2D eigenvalue weighted by Crippen LogP contribution is 2.28. The van der Waals surface area contributed by atoms with Crippen molar-refractivity contribution in [2.24, 2.45) is 0 Å². The van der Waals surface area contributed by atoms with E-state index in [9.17, 15) is 19.2 Å². The highest BCUT2D eigenvalue weighted by molar-refractivity contribution is 6.23. The zero-order valence-electron chi connectivity index (χ0n) is 14.4. The SMILES string of the molecule is CCCc1ccc2c(c1)C(=O)N(C(CCC(=O)CC)C(C)=O)C2=O. The van der Waals surface area contributed by atoms with Gasteiger partial charge in [-0.3, -0.25) is 24.1 Å². The van der Waals surface area contributed by atoms with Crippen molar-refractivity contribution in [3.8, 4) is 0 Å². The van der Waals surface area contributed by atoms with Crippen LogP contribution in [0.1, 0.15) is 72.7 Å². The molecule has 0 fully saturated rings. The molecule has 5 heteroatoms. The number of imide groups is 1. The molecule has 0 bridgehead atoms. The second kappa shape index (κ2) is 7.51. The highest BCUT2D eigenvalue weighted by Gasteiger charge is 2.41. The Balaban J connectivity index is 2.29. The average Bonchev–Trinajstić information content (AvgIpc) is 2.79. The number of rotatable bonds is 8. The molecule has 0 spiro atoms. The third-order valence-electron chi connectivity index (χ3n) is 4.39. The van der Waals surface area contributed by atoms with Crippen molar-refractivity contribution >= 4 is 23.4 Å². The predicted molar refractivity (Wildman–Crippen MR) is 89.9 cm³/mol. The summed E-state index contributed by atoms with van der Waals surface area (Å²) in [6, 6.07) is 4.38. The van der Waals surface area contributed by atoms with E-state index < -0.39 is 17.9 Å². The van der Waals surface area contributed by atoms with E-state index in [-0.39, 0.29) is 24.4 Å². The number of benzene rings is 1. The smallest absolute Gasteiger partial charge is 0.262 e. The van der Waals surface area contributed by atoms with E-state index in [0.717, 1.165) is 23.3 Å². The van der Waals surface area contributed by atoms with Crippen LogP contribution in [0.2, 0.25) is 0 Å². The van der Waals surface area contributed by atoms with Gasteiger partial charge in [-0.15, -0.1) is 0 Å². The van der Waals surface area contributed by atoms with E-state index in [1.807, 2.05) is 13.0 Å². The molecule has 1 heterocycles. The van der Waals surface area contributed by atoms with Crippen LogP contribution in [-0.2, 0) is 16.0 Å². The van der Waals surface area contributed by atoms with E-state index in [1.54, 1.807) is 19.1 Å². The lowest BCUT2D eigenvalue weighted by Gasteiger charge is -2.23. The quantitative estimate of drug-likeness (QED) is 0.687. The Hall–Kier alpha value is -2.30. The standard InChI is InChI=1S/C19H23NO4/c1-4-6-13-7-9-15-16(11-13)19(24)20(18(15)23)17(12(3)21)10-8-14(22)5-2/h7,9,11,17H,4-6,8,10H2,1-3H3. The summed E-state index contributed by atoms with van der Waals surface area (Å²) in [4.78, 5) is 49.9. The van der Waals surface area contributed by atoms with Gasteiger partial charge in [0.2, 0.25) is 0 Å². The molecule has 0 N–H and O–H groups in total. The van der Waals surface area contributed by atoms with Crippen molar-refractivity contribution in [2.45, 2.75) is 58.9 Å². The van der Waals surface area contributed by atoms with Crippen molar-refractivity contribution in [3.05, 3.63) is 34.9 Å². The molecule has 128 valence electrons. The molecule has 1 atom stereocenters. The van der Waals surface area contributed by atoms with Crippen LogP contribution in [-0.4, -0.2) is 34.3 Å². The fraction of sp³-hybridized carbons (Fsp3) is 0.474. The van der Waals surface area contributed by atoms with Crippen LogP contribution in [0.5, 0.6) is 0 Å². The number of ketones is 2. The van der Waals surface area contributed by atoms with E-state index in [4.69, 9.17) is 0 Å². The van der Waals surface area contributed by atoms with Crippen molar-refractivity contribution in [2.75, 3.05) is 0 Å². The monoisotopic (exact) mass is 329 g/mol. The number of hydrogen-bond acceptors (Lipinski definition) is 4. The molecule has 2 rings (SSSR count). The third-order valence-corrected chi connectivity index (χ3v) is 4.39. The van der Waals surface area contributed by atoms with Gasteiger partial charge in [-0.25, -0.2) is 0 Å². The largest absolute Gasteiger partial charge is 0.300 e. The molecule has 1 unspecified atom stereocenters. The van der Waals surface area contributed by atoms with Crippen LogP contribution < -0.4 is 0 Å². The summed E-state index contributed by atoms with van der Waals surface area (Å²) in [5, 5.41) is 0. The minimum atomic E-state index is -0.873. The molecule has 2 amide bonds. The number of carbonyl (C=O) groups excluding carboxylic acids is 4. The van der Waals surface area contributed by atoms with Crippen molar-refractivity contribution in [1.29, 1.82) is 0 Å². The van der Waals surface area contributed by atoms with E-state index in [2.05, 4.69) is 0 Å². The normalized spacial score (nSPS) is 14.7. The molecule has 0 aromatic heterocycles. The van der Waals surface area contributed by atoms with Crippen LogP contribution in [0.15, 0.2) is 18.2 Å². The topological polar surface area (TPSA) is 71.5 Å². The number of aryl methyl sites for hydroxylation is 1. The molecule has 0 aliphatic carbocycles. The Labute approximate surface area is 142 Å². The number of hydrogen-bond donors (Lipinski definition) is 0. The number of Topliss-reactive ketones (excluding diaryl/α,β-unsaturated/α-hetero) is 2. The van der Waals surface area contributed by atoms with Gasteiger partial charge >= 0.3 is 0 Å². The first-order chi connectivity index (χ1) is 11.4. The first-order valence-electron chi connectivity index (χ1n) is 8.43. The summed E-state index contributed by atoms with van der Waals surface area (Å²) >= 11 is 0. The number of nitrogens with zero attached hydrogens (tertiary/aromatic N) is 1. The third kappa shape index (κ3) is 3.45. The maximum absolute atomic E-state index is 12.7. The van der Waals surface area contributed by atoms with Gasteiger partial charge in [0.15, 0.2) is 5.78 Å². The minimum Gasteiger partial charge on any atom is -0.300 e. The number of carbonyl (C=O) groups is 4. The zero-order valence-corrected chi connectivity index (χ0v) is 14.4. The van der Waals surface area contributed by atoms with Crippen LogP contribution >= 0.6 is 0 Å².